The lowest BCUT2D eigenvalue weighted by atomic mass is 9.86. The van der Waals surface area contributed by atoms with Crippen LogP contribution in [-0.2, 0) is 10.8 Å². The Bertz CT molecular complexity index is 2500. The highest BCUT2D eigenvalue weighted by Gasteiger charge is 2.17. The zero-order valence-electron chi connectivity index (χ0n) is 30.3. The molecule has 0 radical (unpaired) electrons. The van der Waals surface area contributed by atoms with Crippen molar-refractivity contribution in [1.82, 2.24) is 15.0 Å². The van der Waals surface area contributed by atoms with Crippen molar-refractivity contribution in [2.45, 2.75) is 52.4 Å². The van der Waals surface area contributed by atoms with Gasteiger partial charge in [0.25, 0.3) is 0 Å². The fourth-order valence-corrected chi connectivity index (χ4v) is 6.96. The third kappa shape index (κ3) is 6.37. The predicted molar refractivity (Wildman–Crippen MR) is 216 cm³/mol. The van der Waals surface area contributed by atoms with Crippen molar-refractivity contribution < 1.29 is 0 Å². The first kappa shape index (κ1) is 32.4. The van der Waals surface area contributed by atoms with Gasteiger partial charge in [0, 0.05) is 5.39 Å². The summed E-state index contributed by atoms with van der Waals surface area (Å²) in [5.74, 6) is 0. The molecule has 0 amide bonds. The summed E-state index contributed by atoms with van der Waals surface area (Å²) >= 11 is 0. The van der Waals surface area contributed by atoms with Crippen LogP contribution in [0.15, 0.2) is 152 Å². The van der Waals surface area contributed by atoms with Gasteiger partial charge in [-0.1, -0.05) is 163 Å². The fourth-order valence-electron chi connectivity index (χ4n) is 6.96. The Labute approximate surface area is 301 Å². The van der Waals surface area contributed by atoms with Gasteiger partial charge < -0.3 is 0 Å². The van der Waals surface area contributed by atoms with Crippen LogP contribution in [-0.4, -0.2) is 15.0 Å². The first-order chi connectivity index (χ1) is 24.5. The summed E-state index contributed by atoms with van der Waals surface area (Å²) in [5.41, 5.74) is 15.1. The summed E-state index contributed by atoms with van der Waals surface area (Å²) in [7, 11) is 0. The average Bonchev–Trinajstić information content (AvgIpc) is 3.59. The van der Waals surface area contributed by atoms with E-state index in [0.29, 0.717) is 0 Å². The molecule has 1 heterocycles. The second-order valence-electron chi connectivity index (χ2n) is 15.7. The smallest absolute Gasteiger partial charge is 0.121 e. The van der Waals surface area contributed by atoms with Crippen molar-refractivity contribution in [2.24, 2.45) is 0 Å². The Balaban J connectivity index is 1.11. The van der Waals surface area contributed by atoms with Crippen LogP contribution in [0.3, 0.4) is 0 Å². The van der Waals surface area contributed by atoms with E-state index in [4.69, 9.17) is 10.2 Å². The van der Waals surface area contributed by atoms with Gasteiger partial charge in [-0.2, -0.15) is 4.80 Å². The zero-order chi connectivity index (χ0) is 35.3. The SMILES string of the molecule is CC(C)(C)c1ccc(-c2cccc(-c3ccc(-n4nc5cc(-c6cccc(-c7ccc(C(C)(C)C)cc7)c6)c6ccccc6c5n4)cc3)c2)cc1. The van der Waals surface area contributed by atoms with E-state index in [2.05, 4.69) is 193 Å². The molecule has 0 saturated carbocycles. The highest BCUT2D eigenvalue weighted by atomic mass is 15.5. The first-order valence-corrected chi connectivity index (χ1v) is 17.8. The third-order valence-corrected chi connectivity index (χ3v) is 10.0. The Morgan fingerprint density at radius 1 is 0.392 bits per heavy atom. The number of rotatable bonds is 5. The van der Waals surface area contributed by atoms with Crippen molar-refractivity contribution >= 4 is 21.8 Å². The molecule has 3 heteroatoms. The summed E-state index contributed by atoms with van der Waals surface area (Å²) < 4.78 is 0. The molecule has 3 nitrogen and oxygen atoms in total. The number of aromatic nitrogens is 3. The number of benzene rings is 7. The maximum Gasteiger partial charge on any atom is 0.121 e. The molecule has 0 spiro atoms. The molecule has 0 N–H and O–H groups in total. The van der Waals surface area contributed by atoms with Crippen LogP contribution < -0.4 is 0 Å². The van der Waals surface area contributed by atoms with Crippen molar-refractivity contribution in [3.8, 4) is 50.2 Å². The maximum absolute atomic E-state index is 5.02. The molecular formula is C48H43N3. The van der Waals surface area contributed by atoms with Gasteiger partial charge in [0.1, 0.15) is 11.0 Å². The van der Waals surface area contributed by atoms with Gasteiger partial charge >= 0.3 is 0 Å². The normalized spacial score (nSPS) is 12.1. The maximum atomic E-state index is 5.02. The molecule has 0 aliphatic heterocycles. The minimum absolute atomic E-state index is 0.125. The summed E-state index contributed by atoms with van der Waals surface area (Å²) in [4.78, 5) is 1.77. The van der Waals surface area contributed by atoms with E-state index < -0.39 is 0 Å². The largest absolute Gasteiger partial charge is 0.150 e. The van der Waals surface area contributed by atoms with Gasteiger partial charge in [0.15, 0.2) is 0 Å². The second-order valence-corrected chi connectivity index (χ2v) is 15.7. The molecule has 0 unspecified atom stereocenters. The quantitative estimate of drug-likeness (QED) is 0.184. The number of hydrogen-bond acceptors (Lipinski definition) is 2. The van der Waals surface area contributed by atoms with Crippen LogP contribution >= 0.6 is 0 Å². The first-order valence-electron chi connectivity index (χ1n) is 17.8. The lowest BCUT2D eigenvalue weighted by Gasteiger charge is -2.19. The van der Waals surface area contributed by atoms with E-state index in [1.165, 1.54) is 44.3 Å². The predicted octanol–water partition coefficient (Wildman–Crippen LogP) is 12.8. The van der Waals surface area contributed by atoms with E-state index >= 15 is 0 Å². The monoisotopic (exact) mass is 661 g/mol. The molecule has 0 aliphatic rings. The number of nitrogens with zero attached hydrogens (tertiary/aromatic N) is 3. The summed E-state index contributed by atoms with van der Waals surface area (Å²) in [5, 5.41) is 12.3. The Morgan fingerprint density at radius 3 is 1.35 bits per heavy atom. The Hall–Kier alpha value is -5.80. The molecule has 1 aromatic heterocycles. The summed E-state index contributed by atoms with van der Waals surface area (Å²) in [6.07, 6.45) is 0. The second kappa shape index (κ2) is 12.5. The zero-order valence-corrected chi connectivity index (χ0v) is 30.3. The molecule has 0 aliphatic carbocycles. The van der Waals surface area contributed by atoms with Gasteiger partial charge in [-0.25, -0.2) is 0 Å². The molecule has 0 atom stereocenters. The van der Waals surface area contributed by atoms with E-state index in [1.807, 2.05) is 0 Å². The molecule has 7 aromatic carbocycles. The number of fused-ring (bicyclic) bond motifs is 3. The minimum atomic E-state index is 0.125. The molecule has 8 rings (SSSR count). The van der Waals surface area contributed by atoms with Gasteiger partial charge in [0.05, 0.1) is 5.69 Å². The van der Waals surface area contributed by atoms with Crippen LogP contribution in [0.1, 0.15) is 52.7 Å². The fraction of sp³-hybridized carbons (Fsp3) is 0.167. The highest BCUT2D eigenvalue weighted by Crippen LogP contribution is 2.36. The van der Waals surface area contributed by atoms with E-state index in [0.717, 1.165) is 38.8 Å². The standard InChI is InChI=1S/C48H43N3/c1-47(2,3)39-23-17-32(18-24-39)35-11-9-12-36(29-35)34-21-27-41(28-22-34)51-49-45-31-44(42-15-7-8-16-43(42)46(45)50-51)38-14-10-13-37(30-38)33-19-25-40(26-20-33)48(4,5)6/h7-31H,1-6H3. The van der Waals surface area contributed by atoms with Crippen LogP contribution in [0, 0.1) is 0 Å². The van der Waals surface area contributed by atoms with Crippen LogP contribution in [0.25, 0.3) is 72.0 Å². The number of hydrogen-bond donors (Lipinski definition) is 0. The average molecular weight is 662 g/mol. The molecular weight excluding hydrogens is 619 g/mol. The molecule has 250 valence electrons. The van der Waals surface area contributed by atoms with Crippen molar-refractivity contribution in [2.75, 3.05) is 0 Å². The summed E-state index contributed by atoms with van der Waals surface area (Å²) in [6, 6.07) is 54.8. The van der Waals surface area contributed by atoms with E-state index in [9.17, 15) is 0 Å². The molecule has 0 saturated heterocycles. The minimum Gasteiger partial charge on any atom is -0.150 e. The van der Waals surface area contributed by atoms with Crippen LogP contribution in [0.2, 0.25) is 0 Å². The third-order valence-electron chi connectivity index (χ3n) is 10.0. The van der Waals surface area contributed by atoms with Gasteiger partial charge in [0.2, 0.25) is 0 Å². The topological polar surface area (TPSA) is 30.7 Å². The highest BCUT2D eigenvalue weighted by molar-refractivity contribution is 6.11. The Morgan fingerprint density at radius 2 is 0.843 bits per heavy atom. The van der Waals surface area contributed by atoms with Gasteiger partial charge in [-0.05, 0) is 102 Å². The lowest BCUT2D eigenvalue weighted by molar-refractivity contribution is 0.590. The van der Waals surface area contributed by atoms with Crippen LogP contribution in [0.5, 0.6) is 0 Å². The van der Waals surface area contributed by atoms with E-state index in [-0.39, 0.29) is 10.8 Å². The van der Waals surface area contributed by atoms with Crippen LogP contribution in [0.4, 0.5) is 0 Å². The van der Waals surface area contributed by atoms with Crippen molar-refractivity contribution in [3.05, 3.63) is 163 Å². The van der Waals surface area contributed by atoms with Gasteiger partial charge in [-0.15, -0.1) is 10.2 Å². The van der Waals surface area contributed by atoms with Crippen molar-refractivity contribution in [3.63, 3.8) is 0 Å². The summed E-state index contributed by atoms with van der Waals surface area (Å²) in [6.45, 7) is 13.5. The Kier molecular flexibility index (Phi) is 7.95. The molecule has 0 bridgehead atoms. The molecule has 8 aromatic rings. The lowest BCUT2D eigenvalue weighted by Crippen LogP contribution is -2.10. The molecule has 0 fully saturated rings. The molecule has 51 heavy (non-hydrogen) atoms. The van der Waals surface area contributed by atoms with Gasteiger partial charge in [-0.3, -0.25) is 0 Å². The van der Waals surface area contributed by atoms with Crippen molar-refractivity contribution in [1.29, 1.82) is 0 Å². The van der Waals surface area contributed by atoms with E-state index in [1.54, 1.807) is 4.80 Å².